The Balaban J connectivity index is -0.0000000800. The molecule has 0 nitrogen and oxygen atoms in total. The normalized spacial score (nSPS) is 6.00. The predicted octanol–water partition coefficient (Wildman–Crippen LogP) is 2.41. The third-order valence-corrected chi connectivity index (χ3v) is 1.50. The molecule has 0 saturated heterocycles. The minimum atomic E-state index is 0. The molecule has 0 aromatic rings. The van der Waals surface area contributed by atoms with Crippen LogP contribution in [0.2, 0.25) is 12.1 Å². The first-order valence-electron chi connectivity index (χ1n) is 2.12. The molecule has 0 amide bonds. The van der Waals surface area contributed by atoms with Gasteiger partial charge >= 0.3 is 0 Å². The molecular formula is C4H12Cl2Si. The standard InChI is InChI=1S/C4H10Si.2ClH/c1-3-5-4-2;;/h3-4H2,1-2H3;2*1H. The molecule has 0 atom stereocenters. The third kappa shape index (κ3) is 20.0. The van der Waals surface area contributed by atoms with Gasteiger partial charge in [0.05, 0.1) is 0 Å². The van der Waals surface area contributed by atoms with Crippen molar-refractivity contribution in [3.63, 3.8) is 0 Å². The molecule has 0 heterocycles. The lowest BCUT2D eigenvalue weighted by molar-refractivity contribution is 1.36. The highest BCUT2D eigenvalue weighted by Crippen LogP contribution is 1.77. The highest BCUT2D eigenvalue weighted by Gasteiger charge is 1.70. The van der Waals surface area contributed by atoms with E-state index in [-0.39, 0.29) is 24.8 Å². The van der Waals surface area contributed by atoms with Gasteiger partial charge in [0.25, 0.3) is 0 Å². The van der Waals surface area contributed by atoms with Gasteiger partial charge in [0, 0.05) is 9.52 Å². The van der Waals surface area contributed by atoms with E-state index in [9.17, 15) is 0 Å². The van der Waals surface area contributed by atoms with E-state index in [1.807, 2.05) is 0 Å². The van der Waals surface area contributed by atoms with Gasteiger partial charge in [-0.25, -0.2) is 0 Å². The van der Waals surface area contributed by atoms with E-state index < -0.39 is 0 Å². The molecule has 3 heteroatoms. The summed E-state index contributed by atoms with van der Waals surface area (Å²) in [5, 5.41) is 0. The minimum Gasteiger partial charge on any atom is -0.147 e. The van der Waals surface area contributed by atoms with Crippen LogP contribution in [0.3, 0.4) is 0 Å². The van der Waals surface area contributed by atoms with Crippen molar-refractivity contribution in [2.45, 2.75) is 25.9 Å². The molecule has 0 fully saturated rings. The first-order valence-corrected chi connectivity index (χ1v) is 3.54. The van der Waals surface area contributed by atoms with E-state index in [1.165, 1.54) is 21.6 Å². The number of rotatable bonds is 2. The van der Waals surface area contributed by atoms with Crippen LogP contribution in [0.4, 0.5) is 0 Å². The van der Waals surface area contributed by atoms with Crippen LogP contribution in [-0.4, -0.2) is 9.52 Å². The van der Waals surface area contributed by atoms with Crippen molar-refractivity contribution in [3.8, 4) is 0 Å². The fourth-order valence-electron chi connectivity index (χ4n) is 0.250. The van der Waals surface area contributed by atoms with Gasteiger partial charge < -0.3 is 0 Å². The molecule has 0 aliphatic heterocycles. The molecule has 0 aliphatic rings. The quantitative estimate of drug-likeness (QED) is 0.543. The fraction of sp³-hybridized carbons (Fsp3) is 1.00. The molecule has 0 spiro atoms. The molecule has 0 aromatic heterocycles. The Kier molecular flexibility index (Phi) is 35.4. The second-order valence-electron chi connectivity index (χ2n) is 0.957. The molecule has 0 unspecified atom stereocenters. The Morgan fingerprint density at radius 3 is 1.29 bits per heavy atom. The van der Waals surface area contributed by atoms with Gasteiger partial charge in [0.1, 0.15) is 0 Å². The van der Waals surface area contributed by atoms with Gasteiger partial charge in [-0.2, -0.15) is 0 Å². The van der Waals surface area contributed by atoms with E-state index >= 15 is 0 Å². The lowest BCUT2D eigenvalue weighted by Gasteiger charge is -1.76. The maximum absolute atomic E-state index is 2.22. The summed E-state index contributed by atoms with van der Waals surface area (Å²) in [6.45, 7) is 4.45. The Hall–Kier alpha value is 0.797. The highest BCUT2D eigenvalue weighted by molar-refractivity contribution is 6.34. The van der Waals surface area contributed by atoms with E-state index in [1.54, 1.807) is 0 Å². The first-order chi connectivity index (χ1) is 2.41. The van der Waals surface area contributed by atoms with Crippen molar-refractivity contribution in [1.82, 2.24) is 0 Å². The number of halogens is 2. The van der Waals surface area contributed by atoms with Crippen molar-refractivity contribution >= 4 is 34.3 Å². The van der Waals surface area contributed by atoms with Crippen LogP contribution < -0.4 is 0 Å². The van der Waals surface area contributed by atoms with Crippen LogP contribution >= 0.6 is 24.8 Å². The zero-order valence-electron chi connectivity index (χ0n) is 4.73. The summed E-state index contributed by atoms with van der Waals surface area (Å²) < 4.78 is 0. The topological polar surface area (TPSA) is 0 Å². The zero-order chi connectivity index (χ0) is 4.12. The SMILES string of the molecule is CC[Si]CC.Cl.Cl. The Labute approximate surface area is 60.7 Å². The average Bonchev–Trinajstić information content (AvgIpc) is 1.41. The van der Waals surface area contributed by atoms with Crippen LogP contribution in [0.5, 0.6) is 0 Å². The van der Waals surface area contributed by atoms with Crippen LogP contribution in [0.25, 0.3) is 0 Å². The Morgan fingerprint density at radius 2 is 1.29 bits per heavy atom. The maximum atomic E-state index is 2.22. The van der Waals surface area contributed by atoms with Crippen LogP contribution in [0.1, 0.15) is 13.8 Å². The van der Waals surface area contributed by atoms with Crippen molar-refractivity contribution < 1.29 is 0 Å². The van der Waals surface area contributed by atoms with Gasteiger partial charge in [-0.05, 0) is 0 Å². The molecular weight excluding hydrogens is 147 g/mol. The van der Waals surface area contributed by atoms with E-state index in [4.69, 9.17) is 0 Å². The summed E-state index contributed by atoms with van der Waals surface area (Å²) in [4.78, 5) is 0. The molecule has 0 saturated carbocycles. The van der Waals surface area contributed by atoms with Crippen molar-refractivity contribution in [1.29, 1.82) is 0 Å². The summed E-state index contributed by atoms with van der Waals surface area (Å²) in [6, 6.07) is 2.74. The maximum Gasteiger partial charge on any atom is 0.0372 e. The van der Waals surface area contributed by atoms with Gasteiger partial charge in [0.2, 0.25) is 0 Å². The largest absolute Gasteiger partial charge is 0.147 e. The minimum absolute atomic E-state index is 0. The van der Waals surface area contributed by atoms with Gasteiger partial charge in [-0.15, -0.1) is 24.8 Å². The molecule has 0 rings (SSSR count). The lowest BCUT2D eigenvalue weighted by atomic mass is 11.0. The monoisotopic (exact) mass is 158 g/mol. The summed E-state index contributed by atoms with van der Waals surface area (Å²) >= 11 is 0. The number of hydrogen-bond donors (Lipinski definition) is 0. The van der Waals surface area contributed by atoms with E-state index in [0.717, 1.165) is 0 Å². The van der Waals surface area contributed by atoms with E-state index in [0.29, 0.717) is 0 Å². The van der Waals surface area contributed by atoms with Crippen molar-refractivity contribution in [2.24, 2.45) is 0 Å². The van der Waals surface area contributed by atoms with Crippen LogP contribution in [0.15, 0.2) is 0 Å². The average molecular weight is 159 g/mol. The fourth-order valence-corrected chi connectivity index (χ4v) is 0.750. The van der Waals surface area contributed by atoms with Crippen LogP contribution in [-0.2, 0) is 0 Å². The third-order valence-electron chi connectivity index (χ3n) is 0.500. The molecule has 2 radical (unpaired) electrons. The second kappa shape index (κ2) is 15.8. The Bertz CT molecular complexity index is 17.2. The highest BCUT2D eigenvalue weighted by atomic mass is 35.5. The second-order valence-corrected chi connectivity index (χ2v) is 2.87. The Morgan fingerprint density at radius 1 is 1.00 bits per heavy atom. The molecule has 7 heavy (non-hydrogen) atoms. The van der Waals surface area contributed by atoms with Gasteiger partial charge in [0.15, 0.2) is 0 Å². The first kappa shape index (κ1) is 15.7. The molecule has 0 bridgehead atoms. The predicted molar refractivity (Wildman–Crippen MR) is 41.2 cm³/mol. The summed E-state index contributed by atoms with van der Waals surface area (Å²) in [6.07, 6.45) is 0. The van der Waals surface area contributed by atoms with Gasteiger partial charge in [-0.3, -0.25) is 0 Å². The summed E-state index contributed by atoms with van der Waals surface area (Å²) in [7, 11) is 1.20. The van der Waals surface area contributed by atoms with E-state index in [2.05, 4.69) is 13.8 Å². The summed E-state index contributed by atoms with van der Waals surface area (Å²) in [5.74, 6) is 0. The summed E-state index contributed by atoms with van der Waals surface area (Å²) in [5.41, 5.74) is 0. The zero-order valence-corrected chi connectivity index (χ0v) is 7.36. The number of hydrogen-bond acceptors (Lipinski definition) is 0. The van der Waals surface area contributed by atoms with Crippen molar-refractivity contribution in [2.75, 3.05) is 0 Å². The molecule has 0 aliphatic carbocycles. The molecule has 0 N–H and O–H groups in total. The lowest BCUT2D eigenvalue weighted by Crippen LogP contribution is -1.76. The van der Waals surface area contributed by atoms with Crippen LogP contribution in [0, 0.1) is 0 Å². The van der Waals surface area contributed by atoms with Gasteiger partial charge in [-0.1, -0.05) is 25.9 Å². The van der Waals surface area contributed by atoms with Crippen molar-refractivity contribution in [3.05, 3.63) is 0 Å². The molecule has 46 valence electrons. The smallest absolute Gasteiger partial charge is 0.0372 e. The molecule has 0 aromatic carbocycles.